The van der Waals surface area contributed by atoms with Crippen LogP contribution in [0.25, 0.3) is 10.2 Å². The molecule has 0 fully saturated rings. The SMILES string of the molecule is CCc1nc(Cl)nc2ccsc12. The average Bonchev–Trinajstić information content (AvgIpc) is 2.50. The number of nitrogens with zero attached hydrogens (tertiary/aromatic N) is 2. The van der Waals surface area contributed by atoms with Crippen LogP contribution in [0.2, 0.25) is 5.28 Å². The van der Waals surface area contributed by atoms with E-state index in [9.17, 15) is 0 Å². The summed E-state index contributed by atoms with van der Waals surface area (Å²) in [4.78, 5) is 8.27. The van der Waals surface area contributed by atoms with Gasteiger partial charge in [-0.1, -0.05) is 6.92 Å². The molecule has 0 spiro atoms. The fourth-order valence-electron chi connectivity index (χ4n) is 1.13. The molecule has 0 N–H and O–H groups in total. The number of hydrogen-bond acceptors (Lipinski definition) is 3. The molecule has 0 aliphatic heterocycles. The van der Waals surface area contributed by atoms with Crippen molar-refractivity contribution in [1.82, 2.24) is 9.97 Å². The lowest BCUT2D eigenvalue weighted by molar-refractivity contribution is 1.04. The Kier molecular flexibility index (Phi) is 1.98. The third-order valence-corrected chi connectivity index (χ3v) is 2.80. The Hall–Kier alpha value is -0.670. The van der Waals surface area contributed by atoms with E-state index in [-0.39, 0.29) is 0 Å². The van der Waals surface area contributed by atoms with Crippen molar-refractivity contribution in [1.29, 1.82) is 0 Å². The number of hydrogen-bond donors (Lipinski definition) is 0. The maximum atomic E-state index is 5.74. The summed E-state index contributed by atoms with van der Waals surface area (Å²) in [5.41, 5.74) is 2.00. The molecule has 0 amide bonds. The van der Waals surface area contributed by atoms with Gasteiger partial charge in [0.15, 0.2) is 0 Å². The van der Waals surface area contributed by atoms with Crippen LogP contribution in [0.3, 0.4) is 0 Å². The number of fused-ring (bicyclic) bond motifs is 1. The highest BCUT2D eigenvalue weighted by atomic mass is 35.5. The van der Waals surface area contributed by atoms with Crippen LogP contribution in [-0.4, -0.2) is 9.97 Å². The van der Waals surface area contributed by atoms with Crippen LogP contribution < -0.4 is 0 Å². The quantitative estimate of drug-likeness (QED) is 0.659. The second kappa shape index (κ2) is 2.99. The zero-order valence-corrected chi connectivity index (χ0v) is 8.11. The van der Waals surface area contributed by atoms with Gasteiger partial charge in [-0.25, -0.2) is 9.97 Å². The molecule has 2 nitrogen and oxygen atoms in total. The summed E-state index contributed by atoms with van der Waals surface area (Å²) < 4.78 is 1.15. The van der Waals surface area contributed by atoms with Gasteiger partial charge in [-0.05, 0) is 29.5 Å². The summed E-state index contributed by atoms with van der Waals surface area (Å²) in [6.45, 7) is 2.07. The van der Waals surface area contributed by atoms with Gasteiger partial charge in [0.05, 0.1) is 15.9 Å². The van der Waals surface area contributed by atoms with Crippen molar-refractivity contribution in [3.8, 4) is 0 Å². The molecule has 0 aliphatic carbocycles. The Balaban J connectivity index is 2.80. The monoisotopic (exact) mass is 198 g/mol. The van der Waals surface area contributed by atoms with Gasteiger partial charge in [0.2, 0.25) is 5.28 Å². The number of aromatic nitrogens is 2. The summed E-state index contributed by atoms with van der Waals surface area (Å²) in [6.07, 6.45) is 0.902. The summed E-state index contributed by atoms with van der Waals surface area (Å²) in [5, 5.41) is 2.35. The minimum atomic E-state index is 0.345. The summed E-state index contributed by atoms with van der Waals surface area (Å²) in [6, 6.07) is 1.96. The maximum absolute atomic E-state index is 5.74. The smallest absolute Gasteiger partial charge is 0.222 e. The third-order valence-electron chi connectivity index (χ3n) is 1.68. The standard InChI is InChI=1S/C8H7ClN2S/c1-2-5-7-6(3-4-12-7)11-8(9)10-5/h3-4H,2H2,1H3. The van der Waals surface area contributed by atoms with E-state index in [1.165, 1.54) is 0 Å². The second-order valence-electron chi connectivity index (χ2n) is 2.43. The van der Waals surface area contributed by atoms with E-state index in [0.29, 0.717) is 5.28 Å². The van der Waals surface area contributed by atoms with Crippen LogP contribution in [0.1, 0.15) is 12.6 Å². The lowest BCUT2D eigenvalue weighted by Crippen LogP contribution is -1.90. The van der Waals surface area contributed by atoms with Gasteiger partial charge >= 0.3 is 0 Å². The maximum Gasteiger partial charge on any atom is 0.223 e. The minimum Gasteiger partial charge on any atom is -0.222 e. The van der Waals surface area contributed by atoms with Crippen molar-refractivity contribution in [2.75, 3.05) is 0 Å². The van der Waals surface area contributed by atoms with Crippen molar-refractivity contribution in [3.63, 3.8) is 0 Å². The van der Waals surface area contributed by atoms with E-state index in [1.807, 2.05) is 11.4 Å². The number of thiophene rings is 1. The molecule has 0 bridgehead atoms. The molecule has 0 radical (unpaired) electrons. The Morgan fingerprint density at radius 3 is 3.08 bits per heavy atom. The lowest BCUT2D eigenvalue weighted by Gasteiger charge is -1.97. The molecule has 62 valence electrons. The van der Waals surface area contributed by atoms with Crippen LogP contribution >= 0.6 is 22.9 Å². The Labute approximate surface area is 79.2 Å². The molecule has 4 heteroatoms. The molecule has 0 saturated heterocycles. The molecule has 0 saturated carbocycles. The molecule has 2 rings (SSSR count). The van der Waals surface area contributed by atoms with E-state index in [1.54, 1.807) is 11.3 Å². The molecule has 2 aromatic heterocycles. The van der Waals surface area contributed by atoms with Crippen molar-refractivity contribution >= 4 is 33.2 Å². The first-order valence-electron chi connectivity index (χ1n) is 3.71. The lowest BCUT2D eigenvalue weighted by atomic mass is 10.3. The third kappa shape index (κ3) is 1.19. The van der Waals surface area contributed by atoms with Crippen molar-refractivity contribution in [2.45, 2.75) is 13.3 Å². The average molecular weight is 199 g/mol. The molecular formula is C8H7ClN2S. The van der Waals surface area contributed by atoms with Crippen molar-refractivity contribution in [3.05, 3.63) is 22.4 Å². The van der Waals surface area contributed by atoms with E-state index < -0.39 is 0 Å². The van der Waals surface area contributed by atoms with Crippen LogP contribution in [-0.2, 0) is 6.42 Å². The van der Waals surface area contributed by atoms with Gasteiger partial charge in [-0.2, -0.15) is 0 Å². The van der Waals surface area contributed by atoms with E-state index in [2.05, 4.69) is 16.9 Å². The first kappa shape index (κ1) is 7.95. The predicted octanol–water partition coefficient (Wildman–Crippen LogP) is 2.91. The van der Waals surface area contributed by atoms with Gasteiger partial charge in [0.1, 0.15) is 0 Å². The molecule has 0 aliphatic rings. The highest BCUT2D eigenvalue weighted by molar-refractivity contribution is 7.17. The topological polar surface area (TPSA) is 25.8 Å². The number of aryl methyl sites for hydroxylation is 1. The Bertz CT molecular complexity index is 410. The number of halogens is 1. The molecule has 2 aromatic rings. The normalized spacial score (nSPS) is 10.8. The van der Waals surface area contributed by atoms with Crippen LogP contribution in [0.5, 0.6) is 0 Å². The summed E-state index contributed by atoms with van der Waals surface area (Å²) >= 11 is 7.41. The van der Waals surface area contributed by atoms with Crippen molar-refractivity contribution in [2.24, 2.45) is 0 Å². The Morgan fingerprint density at radius 2 is 2.33 bits per heavy atom. The van der Waals surface area contributed by atoms with Gasteiger partial charge in [-0.3, -0.25) is 0 Å². The summed E-state index contributed by atoms with van der Waals surface area (Å²) in [7, 11) is 0. The minimum absolute atomic E-state index is 0.345. The van der Waals surface area contributed by atoms with Gasteiger partial charge in [0, 0.05) is 0 Å². The van der Waals surface area contributed by atoms with E-state index >= 15 is 0 Å². The van der Waals surface area contributed by atoms with Crippen molar-refractivity contribution < 1.29 is 0 Å². The van der Waals surface area contributed by atoms with E-state index in [4.69, 9.17) is 11.6 Å². The molecular weight excluding hydrogens is 192 g/mol. The predicted molar refractivity (Wildman–Crippen MR) is 51.8 cm³/mol. The largest absolute Gasteiger partial charge is 0.223 e. The van der Waals surface area contributed by atoms with Crippen LogP contribution in [0, 0.1) is 0 Å². The van der Waals surface area contributed by atoms with Gasteiger partial charge in [0.25, 0.3) is 0 Å². The zero-order valence-electron chi connectivity index (χ0n) is 6.54. The molecule has 0 aromatic carbocycles. The number of rotatable bonds is 1. The fourth-order valence-corrected chi connectivity index (χ4v) is 2.22. The highest BCUT2D eigenvalue weighted by Gasteiger charge is 2.04. The van der Waals surface area contributed by atoms with Gasteiger partial charge < -0.3 is 0 Å². The Morgan fingerprint density at radius 1 is 1.50 bits per heavy atom. The fraction of sp³-hybridized carbons (Fsp3) is 0.250. The second-order valence-corrected chi connectivity index (χ2v) is 3.68. The molecule has 0 unspecified atom stereocenters. The first-order chi connectivity index (χ1) is 5.81. The molecule has 12 heavy (non-hydrogen) atoms. The summed E-state index contributed by atoms with van der Waals surface area (Å²) in [5.74, 6) is 0. The van der Waals surface area contributed by atoms with Gasteiger partial charge in [-0.15, -0.1) is 11.3 Å². The highest BCUT2D eigenvalue weighted by Crippen LogP contribution is 2.23. The van der Waals surface area contributed by atoms with E-state index in [0.717, 1.165) is 22.3 Å². The van der Waals surface area contributed by atoms with Crippen LogP contribution in [0.4, 0.5) is 0 Å². The molecule has 2 heterocycles. The first-order valence-corrected chi connectivity index (χ1v) is 4.96. The zero-order chi connectivity index (χ0) is 8.55. The van der Waals surface area contributed by atoms with Crippen LogP contribution in [0.15, 0.2) is 11.4 Å². The molecule has 0 atom stereocenters.